The van der Waals surface area contributed by atoms with Gasteiger partial charge in [-0.3, -0.25) is 0 Å². The van der Waals surface area contributed by atoms with Crippen LogP contribution >= 0.6 is 0 Å². The van der Waals surface area contributed by atoms with Crippen LogP contribution in [-0.2, 0) is 0 Å². The summed E-state index contributed by atoms with van der Waals surface area (Å²) in [6.45, 7) is 8.06. The quantitative estimate of drug-likeness (QED) is 0.135. The fraction of sp³-hybridized carbons (Fsp3) is 1.00. The number of alkyl halides is 19. The van der Waals surface area contributed by atoms with Crippen LogP contribution in [0.5, 0.6) is 0 Å². The molecule has 0 radical (unpaired) electrons. The summed E-state index contributed by atoms with van der Waals surface area (Å²) in [4.78, 5) is -5.90. The molecule has 0 aliphatic carbocycles. The first kappa shape index (κ1) is 52.2. The van der Waals surface area contributed by atoms with Gasteiger partial charge in [0, 0.05) is 0 Å². The second-order valence-corrected chi connectivity index (χ2v) is 32.1. The van der Waals surface area contributed by atoms with Gasteiger partial charge < -0.3 is 0 Å². The molecule has 52 heavy (non-hydrogen) atoms. The van der Waals surface area contributed by atoms with Crippen molar-refractivity contribution in [3.8, 4) is 0 Å². The van der Waals surface area contributed by atoms with Crippen molar-refractivity contribution < 1.29 is 83.4 Å². The van der Waals surface area contributed by atoms with E-state index in [2.05, 4.69) is 0 Å². The van der Waals surface area contributed by atoms with E-state index in [1.807, 2.05) is 13.8 Å². The number of rotatable bonds is 12. The average Bonchev–Trinajstić information content (AvgIpc) is 3.42. The van der Waals surface area contributed by atoms with E-state index in [1.165, 1.54) is 0 Å². The van der Waals surface area contributed by atoms with Crippen molar-refractivity contribution in [2.45, 2.75) is 180 Å². The number of hydrogen-bond acceptors (Lipinski definition) is 0. The molecule has 0 atom stereocenters. The zero-order valence-electron chi connectivity index (χ0n) is 29.4. The Kier molecular flexibility index (Phi) is 18.7. The monoisotopic (exact) mass is 1010 g/mol. The van der Waals surface area contributed by atoms with Gasteiger partial charge in [-0.15, -0.1) is 0 Å². The van der Waals surface area contributed by atoms with E-state index in [4.69, 9.17) is 0 Å². The molecule has 22 heteroatoms. The van der Waals surface area contributed by atoms with E-state index in [-0.39, 0.29) is 19.3 Å². The van der Waals surface area contributed by atoms with Crippen molar-refractivity contribution in [3.63, 3.8) is 0 Å². The van der Waals surface area contributed by atoms with Crippen molar-refractivity contribution in [1.29, 1.82) is 0 Å². The number of halogens is 19. The molecule has 2 rings (SSSR count). The van der Waals surface area contributed by atoms with Gasteiger partial charge in [-0.2, -0.15) is 0 Å². The summed E-state index contributed by atoms with van der Waals surface area (Å²) in [5.41, 5.74) is 0. The minimum atomic E-state index is -7.83. The van der Waals surface area contributed by atoms with Gasteiger partial charge in [0.1, 0.15) is 0 Å². The second-order valence-electron chi connectivity index (χ2n) is 13.9. The van der Waals surface area contributed by atoms with Crippen LogP contribution in [0.3, 0.4) is 0 Å². The van der Waals surface area contributed by atoms with Crippen molar-refractivity contribution in [3.05, 3.63) is 0 Å². The first-order valence-corrected chi connectivity index (χ1v) is 26.7. The molecule has 320 valence electrons. The molecule has 0 aromatic carbocycles. The Morgan fingerprint density at radius 1 is 0.519 bits per heavy atom. The van der Waals surface area contributed by atoms with Gasteiger partial charge in [0.05, 0.1) is 0 Å². The minimum absolute atomic E-state index is 0.150. The molecule has 0 aromatic rings. The predicted octanol–water partition coefficient (Wildman–Crippen LogP) is 13.7. The van der Waals surface area contributed by atoms with E-state index in [0.29, 0.717) is 10.6 Å². The second kappa shape index (κ2) is 18.7. The standard InChI is InChI=1S/C15H19F13Se.C9H19F3Se.C6H11F3Se/c1-8(2)6-5-7-9(3,4)29(8)15(27,28)13(22,23)11(18,19)10(16,17)12(20,21)14(24,25)26;1-3-5-7-13(8-6-4-2)9(10,11)12;7-6(8,9)5-10-3-1-2-4-10/h29H,5-7H2,1-4H3;13H,3-8H2,1-2H3;10H,1-5H2. The van der Waals surface area contributed by atoms with Gasteiger partial charge in [-0.1, -0.05) is 0 Å². The Bertz CT molecular complexity index is 1040. The summed E-state index contributed by atoms with van der Waals surface area (Å²) < 4.78 is 244. The molecule has 2 heterocycles. The zero-order chi connectivity index (χ0) is 41.6. The number of hydrogen-bond donors (Lipinski definition) is 0. The van der Waals surface area contributed by atoms with Crippen molar-refractivity contribution >= 4 is 41.7 Å². The molecule has 2 aliphatic rings. The van der Waals surface area contributed by atoms with Crippen LogP contribution in [0.2, 0.25) is 35.2 Å². The molecule has 0 amide bonds. The molecule has 2 fully saturated rings. The maximum atomic E-state index is 14.8. The van der Waals surface area contributed by atoms with Gasteiger partial charge in [0.15, 0.2) is 0 Å². The van der Waals surface area contributed by atoms with Crippen LogP contribution < -0.4 is 0 Å². The molecule has 0 aromatic heterocycles. The van der Waals surface area contributed by atoms with Crippen LogP contribution in [0.15, 0.2) is 0 Å². The van der Waals surface area contributed by atoms with E-state index >= 15 is 0 Å². The molecule has 0 N–H and O–H groups in total. The van der Waals surface area contributed by atoms with Crippen molar-refractivity contribution in [2.24, 2.45) is 0 Å². The summed E-state index contributed by atoms with van der Waals surface area (Å²) in [6, 6.07) is 0. The Labute approximate surface area is 304 Å². The Balaban J connectivity index is 0.000000921. The van der Waals surface area contributed by atoms with E-state index in [0.717, 1.165) is 76.9 Å². The van der Waals surface area contributed by atoms with Crippen LogP contribution in [0, 0.1) is 0 Å². The molecule has 0 saturated carbocycles. The molecular formula is C30H49F19Se3. The van der Waals surface area contributed by atoms with Crippen LogP contribution in [0.4, 0.5) is 83.4 Å². The fourth-order valence-corrected chi connectivity index (χ4v) is 24.5. The molecule has 2 saturated heterocycles. The normalized spacial score (nSPS) is 20.8. The Morgan fingerprint density at radius 3 is 1.19 bits per heavy atom. The van der Waals surface area contributed by atoms with Gasteiger partial charge in [0.2, 0.25) is 0 Å². The van der Waals surface area contributed by atoms with Crippen LogP contribution in [-0.4, -0.2) is 87.6 Å². The van der Waals surface area contributed by atoms with Crippen LogP contribution in [0.1, 0.15) is 99.3 Å². The molecule has 0 bridgehead atoms. The van der Waals surface area contributed by atoms with Gasteiger partial charge in [-0.25, -0.2) is 0 Å². The van der Waals surface area contributed by atoms with Crippen molar-refractivity contribution in [1.82, 2.24) is 0 Å². The molecule has 0 spiro atoms. The molecule has 2 aliphatic heterocycles. The maximum absolute atomic E-state index is 14.8. The topological polar surface area (TPSA) is 0 Å². The van der Waals surface area contributed by atoms with Crippen LogP contribution in [0.25, 0.3) is 0 Å². The summed E-state index contributed by atoms with van der Waals surface area (Å²) in [6.07, 6.45) is -5.95. The third-order valence-electron chi connectivity index (χ3n) is 8.51. The van der Waals surface area contributed by atoms with Gasteiger partial charge >= 0.3 is 306 Å². The third kappa shape index (κ3) is 12.9. The fourth-order valence-electron chi connectivity index (χ4n) is 5.92. The molecule has 0 unspecified atom stereocenters. The third-order valence-corrected chi connectivity index (χ3v) is 27.1. The van der Waals surface area contributed by atoms with Gasteiger partial charge in [0.25, 0.3) is 0 Å². The Morgan fingerprint density at radius 2 is 0.885 bits per heavy atom. The summed E-state index contributed by atoms with van der Waals surface area (Å²) >= 11 is -8.58. The first-order valence-electron chi connectivity index (χ1n) is 16.3. The van der Waals surface area contributed by atoms with E-state index in [1.54, 1.807) is 0 Å². The Hall–Kier alpha value is 0.228. The van der Waals surface area contributed by atoms with E-state index < -0.39 is 102 Å². The first-order chi connectivity index (χ1) is 22.9. The molecular weight excluding hydrogens is 958 g/mol. The summed E-state index contributed by atoms with van der Waals surface area (Å²) in [5, 5.41) is -1.50. The van der Waals surface area contributed by atoms with Crippen molar-refractivity contribution in [2.75, 3.05) is 0 Å². The SMILES string of the molecule is CC1(C)CCCC(C)(C)[SeH]1C(F)(F)C(F)(F)C(F)(F)C(F)(F)C(F)(F)C(F)(F)F.CCCC[SeH](CCCC)C(F)(F)F.FC(F)(F)C[SeH]1CCCC1. The van der Waals surface area contributed by atoms with Gasteiger partial charge in [-0.05, 0) is 0 Å². The summed E-state index contributed by atoms with van der Waals surface area (Å²) in [5.74, 6) is -30.4. The summed E-state index contributed by atoms with van der Waals surface area (Å²) in [7, 11) is 0. The average molecular weight is 1010 g/mol. The predicted molar refractivity (Wildman–Crippen MR) is 169 cm³/mol. The zero-order valence-corrected chi connectivity index (χ0v) is 35.1. The molecule has 0 nitrogen and oxygen atoms in total. The van der Waals surface area contributed by atoms with E-state index in [9.17, 15) is 83.4 Å². The number of unbranched alkanes of at least 4 members (excludes halogenated alkanes) is 2.